The Kier molecular flexibility index (Phi) is 7.51. The molecule has 1 aromatic carbocycles. The number of hydrogen-bond acceptors (Lipinski definition) is 3. The summed E-state index contributed by atoms with van der Waals surface area (Å²) in [5.41, 5.74) is 1.32. The summed E-state index contributed by atoms with van der Waals surface area (Å²) in [4.78, 5) is 0. The first-order valence-electron chi connectivity index (χ1n) is 4.98. The molecule has 1 fully saturated rings. The Labute approximate surface area is 109 Å². The molecule has 0 aliphatic carbocycles. The largest absolute Gasteiger partial charge is 0.497 e. The minimum absolute atomic E-state index is 0. The van der Waals surface area contributed by atoms with Crippen LogP contribution in [0.5, 0.6) is 5.75 Å². The van der Waals surface area contributed by atoms with Crippen molar-refractivity contribution >= 4 is 24.8 Å². The third kappa shape index (κ3) is 3.83. The summed E-state index contributed by atoms with van der Waals surface area (Å²) in [5.74, 6) is 0.914. The fourth-order valence-corrected chi connectivity index (χ4v) is 1.73. The monoisotopic (exact) mass is 264 g/mol. The Bertz CT molecular complexity index is 287. The molecule has 1 aromatic rings. The summed E-state index contributed by atoms with van der Waals surface area (Å²) in [6, 6.07) is 8.68. The molecule has 1 saturated heterocycles. The number of ether oxygens (including phenoxy) is 1. The van der Waals surface area contributed by atoms with E-state index in [1.165, 1.54) is 5.56 Å². The maximum atomic E-state index is 5.12. The van der Waals surface area contributed by atoms with E-state index in [2.05, 4.69) is 22.8 Å². The van der Waals surface area contributed by atoms with Crippen LogP contribution in [-0.4, -0.2) is 26.7 Å². The van der Waals surface area contributed by atoms with E-state index in [4.69, 9.17) is 4.74 Å². The van der Waals surface area contributed by atoms with Gasteiger partial charge in [0.2, 0.25) is 0 Å². The lowest BCUT2D eigenvalue weighted by molar-refractivity contribution is 0.412. The van der Waals surface area contributed by atoms with Crippen LogP contribution in [0.25, 0.3) is 0 Å². The third-order valence-corrected chi connectivity index (χ3v) is 2.56. The number of piperazine rings is 1. The summed E-state index contributed by atoms with van der Waals surface area (Å²) in [6.07, 6.45) is 0. The molecule has 1 atom stereocenters. The van der Waals surface area contributed by atoms with Crippen LogP contribution < -0.4 is 15.4 Å². The van der Waals surface area contributed by atoms with Crippen molar-refractivity contribution in [1.29, 1.82) is 0 Å². The topological polar surface area (TPSA) is 33.3 Å². The Morgan fingerprint density at radius 2 is 1.81 bits per heavy atom. The molecule has 1 heterocycles. The molecule has 2 rings (SSSR count). The summed E-state index contributed by atoms with van der Waals surface area (Å²) in [5, 5.41) is 6.84. The Morgan fingerprint density at radius 3 is 2.31 bits per heavy atom. The minimum atomic E-state index is 0. The second kappa shape index (κ2) is 7.74. The van der Waals surface area contributed by atoms with Gasteiger partial charge >= 0.3 is 0 Å². The normalized spacial score (nSPS) is 19.2. The van der Waals surface area contributed by atoms with Gasteiger partial charge in [-0.1, -0.05) is 12.1 Å². The molecule has 16 heavy (non-hydrogen) atoms. The van der Waals surface area contributed by atoms with Gasteiger partial charge in [0.05, 0.1) is 7.11 Å². The van der Waals surface area contributed by atoms with E-state index in [1.54, 1.807) is 7.11 Å². The predicted octanol–water partition coefficient (Wildman–Crippen LogP) is 1.77. The van der Waals surface area contributed by atoms with Gasteiger partial charge < -0.3 is 15.4 Å². The molecule has 0 saturated carbocycles. The molecule has 1 aliphatic rings. The van der Waals surface area contributed by atoms with Gasteiger partial charge in [-0.25, -0.2) is 0 Å². The molecule has 2 N–H and O–H groups in total. The average molecular weight is 265 g/mol. The molecule has 0 bridgehead atoms. The van der Waals surface area contributed by atoms with Gasteiger partial charge in [0.1, 0.15) is 5.75 Å². The lowest BCUT2D eigenvalue weighted by Gasteiger charge is -2.24. The molecule has 92 valence electrons. The summed E-state index contributed by atoms with van der Waals surface area (Å²) in [6.45, 7) is 3.11. The fraction of sp³-hybridized carbons (Fsp3) is 0.455. The Hall–Kier alpha value is -0.480. The van der Waals surface area contributed by atoms with E-state index >= 15 is 0 Å². The van der Waals surface area contributed by atoms with Gasteiger partial charge in [-0.15, -0.1) is 24.8 Å². The number of methoxy groups -OCH3 is 1. The van der Waals surface area contributed by atoms with E-state index in [0.717, 1.165) is 25.4 Å². The van der Waals surface area contributed by atoms with Crippen LogP contribution in [0, 0.1) is 0 Å². The first-order valence-corrected chi connectivity index (χ1v) is 4.98. The van der Waals surface area contributed by atoms with Crippen molar-refractivity contribution in [3.63, 3.8) is 0 Å². The zero-order valence-electron chi connectivity index (χ0n) is 9.23. The summed E-state index contributed by atoms with van der Waals surface area (Å²) < 4.78 is 5.12. The molecule has 0 radical (unpaired) electrons. The summed E-state index contributed by atoms with van der Waals surface area (Å²) in [7, 11) is 1.69. The number of benzene rings is 1. The maximum Gasteiger partial charge on any atom is 0.118 e. The van der Waals surface area contributed by atoms with Crippen LogP contribution in [0.4, 0.5) is 0 Å². The lowest BCUT2D eigenvalue weighted by atomic mass is 10.1. The third-order valence-electron chi connectivity index (χ3n) is 2.56. The Balaban J connectivity index is 0.00000112. The van der Waals surface area contributed by atoms with Crippen molar-refractivity contribution in [1.82, 2.24) is 10.6 Å². The van der Waals surface area contributed by atoms with Gasteiger partial charge in [0.15, 0.2) is 0 Å². The maximum absolute atomic E-state index is 5.12. The van der Waals surface area contributed by atoms with Gasteiger partial charge in [0.25, 0.3) is 0 Å². The number of hydrogen-bond donors (Lipinski definition) is 2. The molecule has 0 amide bonds. The fourth-order valence-electron chi connectivity index (χ4n) is 1.73. The van der Waals surface area contributed by atoms with Crippen LogP contribution >= 0.6 is 24.8 Å². The van der Waals surface area contributed by atoms with Crippen LogP contribution in [0.1, 0.15) is 11.6 Å². The smallest absolute Gasteiger partial charge is 0.118 e. The van der Waals surface area contributed by atoms with Crippen molar-refractivity contribution in [3.05, 3.63) is 29.8 Å². The van der Waals surface area contributed by atoms with E-state index in [1.807, 2.05) is 12.1 Å². The van der Waals surface area contributed by atoms with E-state index in [-0.39, 0.29) is 24.8 Å². The average Bonchev–Trinajstić information content (AvgIpc) is 2.30. The highest BCUT2D eigenvalue weighted by Gasteiger charge is 2.13. The zero-order chi connectivity index (χ0) is 9.80. The van der Waals surface area contributed by atoms with Crippen LogP contribution in [0.3, 0.4) is 0 Å². The molecule has 0 spiro atoms. The van der Waals surface area contributed by atoms with Crippen molar-refractivity contribution in [2.75, 3.05) is 26.7 Å². The molecule has 1 unspecified atom stereocenters. The van der Waals surface area contributed by atoms with Gasteiger partial charge in [-0.05, 0) is 17.7 Å². The van der Waals surface area contributed by atoms with Crippen molar-refractivity contribution in [2.45, 2.75) is 6.04 Å². The van der Waals surface area contributed by atoms with Crippen molar-refractivity contribution in [2.24, 2.45) is 0 Å². The minimum Gasteiger partial charge on any atom is -0.497 e. The van der Waals surface area contributed by atoms with E-state index in [9.17, 15) is 0 Å². The summed E-state index contributed by atoms with van der Waals surface area (Å²) >= 11 is 0. The lowest BCUT2D eigenvalue weighted by Crippen LogP contribution is -2.42. The first kappa shape index (κ1) is 15.5. The molecule has 1 aliphatic heterocycles. The second-order valence-electron chi connectivity index (χ2n) is 3.48. The number of halogens is 2. The van der Waals surface area contributed by atoms with Gasteiger partial charge in [-0.3, -0.25) is 0 Å². The van der Waals surface area contributed by atoms with E-state index in [0.29, 0.717) is 6.04 Å². The second-order valence-corrected chi connectivity index (χ2v) is 3.48. The SMILES string of the molecule is COc1ccc(C2CNCCN2)cc1.Cl.Cl. The van der Waals surface area contributed by atoms with Crippen LogP contribution in [0.2, 0.25) is 0 Å². The molecule has 5 heteroatoms. The highest BCUT2D eigenvalue weighted by Crippen LogP contribution is 2.17. The highest BCUT2D eigenvalue weighted by molar-refractivity contribution is 5.85. The first-order chi connectivity index (χ1) is 6.90. The Morgan fingerprint density at radius 1 is 1.12 bits per heavy atom. The number of rotatable bonds is 2. The molecule has 0 aromatic heterocycles. The molecule has 3 nitrogen and oxygen atoms in total. The number of nitrogens with one attached hydrogen (secondary N) is 2. The van der Waals surface area contributed by atoms with Crippen molar-refractivity contribution < 1.29 is 4.74 Å². The molecular weight excluding hydrogens is 247 g/mol. The molecular formula is C11H18Cl2N2O. The van der Waals surface area contributed by atoms with Crippen molar-refractivity contribution in [3.8, 4) is 5.75 Å². The predicted molar refractivity (Wildman–Crippen MR) is 71.1 cm³/mol. The van der Waals surface area contributed by atoms with Crippen LogP contribution in [-0.2, 0) is 0 Å². The van der Waals surface area contributed by atoms with E-state index < -0.39 is 0 Å². The van der Waals surface area contributed by atoms with Gasteiger partial charge in [-0.2, -0.15) is 0 Å². The quantitative estimate of drug-likeness (QED) is 0.855. The standard InChI is InChI=1S/C11H16N2O.2ClH/c1-14-10-4-2-9(3-5-10)11-8-12-6-7-13-11;;/h2-5,11-13H,6-8H2,1H3;2*1H. The van der Waals surface area contributed by atoms with Crippen LogP contribution in [0.15, 0.2) is 24.3 Å². The zero-order valence-corrected chi connectivity index (χ0v) is 10.9. The highest BCUT2D eigenvalue weighted by atomic mass is 35.5. The van der Waals surface area contributed by atoms with Gasteiger partial charge in [0, 0.05) is 25.7 Å².